The van der Waals surface area contributed by atoms with E-state index in [0.717, 1.165) is 25.7 Å². The Morgan fingerprint density at radius 3 is 1.88 bits per heavy atom. The standard InChI is InChI=1S/C22H25F3O/c1-2-3-16-4-6-17(7-5-16)18-8-10-19(11-9-18)20-12-14-21(15-13-20)26-22(23,24)25/h4-11,20-21H,2-3,12-15H2,1H3. The maximum atomic E-state index is 12.3. The van der Waals surface area contributed by atoms with Gasteiger partial charge in [-0.15, -0.1) is 13.2 Å². The van der Waals surface area contributed by atoms with Crippen molar-refractivity contribution < 1.29 is 17.9 Å². The van der Waals surface area contributed by atoms with E-state index in [2.05, 4.69) is 60.2 Å². The number of aryl methyl sites for hydroxylation is 1. The second-order valence-corrected chi connectivity index (χ2v) is 7.11. The van der Waals surface area contributed by atoms with E-state index in [1.807, 2.05) is 0 Å². The molecule has 0 spiro atoms. The summed E-state index contributed by atoms with van der Waals surface area (Å²) >= 11 is 0. The summed E-state index contributed by atoms with van der Waals surface area (Å²) in [6.07, 6.45) is -0.560. The van der Waals surface area contributed by atoms with Crippen LogP contribution in [0, 0.1) is 0 Å². The molecule has 0 heterocycles. The van der Waals surface area contributed by atoms with Gasteiger partial charge in [0.15, 0.2) is 0 Å². The molecule has 2 aromatic carbocycles. The van der Waals surface area contributed by atoms with E-state index in [9.17, 15) is 13.2 Å². The Labute approximate surface area is 153 Å². The van der Waals surface area contributed by atoms with Crippen molar-refractivity contribution in [2.75, 3.05) is 0 Å². The van der Waals surface area contributed by atoms with Crippen molar-refractivity contribution in [1.82, 2.24) is 0 Å². The summed E-state index contributed by atoms with van der Waals surface area (Å²) in [7, 11) is 0. The average Bonchev–Trinajstić information content (AvgIpc) is 2.62. The van der Waals surface area contributed by atoms with E-state index in [4.69, 9.17) is 0 Å². The van der Waals surface area contributed by atoms with Crippen LogP contribution in [0.2, 0.25) is 0 Å². The molecule has 26 heavy (non-hydrogen) atoms. The minimum absolute atomic E-state index is 0.323. The highest BCUT2D eigenvalue weighted by Crippen LogP contribution is 2.36. The van der Waals surface area contributed by atoms with Crippen LogP contribution in [0.25, 0.3) is 11.1 Å². The Morgan fingerprint density at radius 1 is 0.846 bits per heavy atom. The fourth-order valence-electron chi connectivity index (χ4n) is 3.80. The zero-order valence-corrected chi connectivity index (χ0v) is 15.1. The lowest BCUT2D eigenvalue weighted by atomic mass is 9.82. The highest BCUT2D eigenvalue weighted by Gasteiger charge is 2.35. The predicted molar refractivity (Wildman–Crippen MR) is 98.0 cm³/mol. The first-order chi connectivity index (χ1) is 12.4. The van der Waals surface area contributed by atoms with Crippen molar-refractivity contribution in [2.45, 2.75) is 63.8 Å². The van der Waals surface area contributed by atoms with Crippen molar-refractivity contribution >= 4 is 0 Å². The molecule has 140 valence electrons. The second-order valence-electron chi connectivity index (χ2n) is 7.11. The third-order valence-electron chi connectivity index (χ3n) is 5.18. The molecule has 1 nitrogen and oxygen atoms in total. The quantitative estimate of drug-likeness (QED) is 0.564. The molecule has 0 bridgehead atoms. The zero-order valence-electron chi connectivity index (χ0n) is 15.1. The van der Waals surface area contributed by atoms with Crippen LogP contribution in [0.15, 0.2) is 48.5 Å². The Kier molecular flexibility index (Phi) is 6.02. The topological polar surface area (TPSA) is 9.23 Å². The molecule has 0 aromatic heterocycles. The first kappa shape index (κ1) is 19.0. The largest absolute Gasteiger partial charge is 0.522 e. The summed E-state index contributed by atoms with van der Waals surface area (Å²) in [5, 5.41) is 0. The molecule has 1 fully saturated rings. The molecule has 0 radical (unpaired) electrons. The van der Waals surface area contributed by atoms with Gasteiger partial charge < -0.3 is 0 Å². The lowest BCUT2D eigenvalue weighted by Crippen LogP contribution is -2.27. The highest BCUT2D eigenvalue weighted by atomic mass is 19.4. The van der Waals surface area contributed by atoms with E-state index in [1.54, 1.807) is 0 Å². The van der Waals surface area contributed by atoms with Crippen LogP contribution in [-0.2, 0) is 11.2 Å². The van der Waals surface area contributed by atoms with Gasteiger partial charge in [0.05, 0.1) is 6.10 Å². The van der Waals surface area contributed by atoms with Crippen molar-refractivity contribution in [3.63, 3.8) is 0 Å². The Bertz CT molecular complexity index is 681. The van der Waals surface area contributed by atoms with E-state index >= 15 is 0 Å². The van der Waals surface area contributed by atoms with Crippen LogP contribution in [0.1, 0.15) is 56.1 Å². The fourth-order valence-corrected chi connectivity index (χ4v) is 3.80. The summed E-state index contributed by atoms with van der Waals surface area (Å²) in [5.41, 5.74) is 4.93. The Morgan fingerprint density at radius 2 is 1.38 bits per heavy atom. The third-order valence-corrected chi connectivity index (χ3v) is 5.18. The summed E-state index contributed by atoms with van der Waals surface area (Å²) < 4.78 is 41.1. The predicted octanol–water partition coefficient (Wildman–Crippen LogP) is 6.87. The SMILES string of the molecule is CCCc1ccc(-c2ccc(C3CCC(OC(F)(F)F)CC3)cc2)cc1. The number of rotatable bonds is 5. The van der Waals surface area contributed by atoms with Gasteiger partial charge in [0.1, 0.15) is 0 Å². The second kappa shape index (κ2) is 8.26. The van der Waals surface area contributed by atoms with Crippen LogP contribution < -0.4 is 0 Å². The fraction of sp³-hybridized carbons (Fsp3) is 0.455. The summed E-state index contributed by atoms with van der Waals surface area (Å²) in [6, 6.07) is 17.1. The van der Waals surface area contributed by atoms with Gasteiger partial charge in [-0.1, -0.05) is 61.9 Å². The molecule has 0 atom stereocenters. The summed E-state index contributed by atoms with van der Waals surface area (Å²) in [5.74, 6) is 0.323. The van der Waals surface area contributed by atoms with Gasteiger partial charge in [-0.25, -0.2) is 0 Å². The molecule has 0 amide bonds. The molecule has 4 heteroatoms. The summed E-state index contributed by atoms with van der Waals surface area (Å²) in [4.78, 5) is 0. The maximum Gasteiger partial charge on any atom is 0.522 e. The van der Waals surface area contributed by atoms with Crippen LogP contribution in [-0.4, -0.2) is 12.5 Å². The van der Waals surface area contributed by atoms with Crippen molar-refractivity contribution in [3.8, 4) is 11.1 Å². The van der Waals surface area contributed by atoms with Crippen molar-refractivity contribution in [1.29, 1.82) is 0 Å². The van der Waals surface area contributed by atoms with Gasteiger partial charge in [-0.3, -0.25) is 4.74 Å². The molecule has 0 saturated heterocycles. The smallest absolute Gasteiger partial charge is 0.289 e. The number of ether oxygens (including phenoxy) is 1. The van der Waals surface area contributed by atoms with Crippen LogP contribution >= 0.6 is 0 Å². The van der Waals surface area contributed by atoms with Crippen LogP contribution in [0.4, 0.5) is 13.2 Å². The Hall–Kier alpha value is -1.81. The lowest BCUT2D eigenvalue weighted by molar-refractivity contribution is -0.345. The molecule has 1 saturated carbocycles. The zero-order chi connectivity index (χ0) is 18.6. The number of hydrogen-bond donors (Lipinski definition) is 0. The van der Waals surface area contributed by atoms with Crippen LogP contribution in [0.3, 0.4) is 0 Å². The van der Waals surface area contributed by atoms with Gasteiger partial charge in [0, 0.05) is 0 Å². The van der Waals surface area contributed by atoms with Crippen molar-refractivity contribution in [3.05, 3.63) is 59.7 Å². The molecular weight excluding hydrogens is 337 g/mol. The normalized spacial score (nSPS) is 20.9. The van der Waals surface area contributed by atoms with Gasteiger partial charge in [0.25, 0.3) is 0 Å². The highest BCUT2D eigenvalue weighted by molar-refractivity contribution is 5.64. The van der Waals surface area contributed by atoms with Gasteiger partial charge in [-0.2, -0.15) is 0 Å². The molecule has 0 unspecified atom stereocenters. The third kappa shape index (κ3) is 5.10. The maximum absolute atomic E-state index is 12.3. The van der Waals surface area contributed by atoms with Gasteiger partial charge in [-0.05, 0) is 60.3 Å². The first-order valence-electron chi connectivity index (χ1n) is 9.38. The van der Waals surface area contributed by atoms with E-state index < -0.39 is 12.5 Å². The molecule has 1 aliphatic rings. The van der Waals surface area contributed by atoms with E-state index in [-0.39, 0.29) is 0 Å². The number of hydrogen-bond acceptors (Lipinski definition) is 1. The number of benzene rings is 2. The molecule has 0 aliphatic heterocycles. The monoisotopic (exact) mass is 362 g/mol. The molecular formula is C22H25F3O. The van der Waals surface area contributed by atoms with E-state index in [1.165, 1.54) is 22.3 Å². The van der Waals surface area contributed by atoms with Gasteiger partial charge in [0.2, 0.25) is 0 Å². The minimum Gasteiger partial charge on any atom is -0.289 e. The molecule has 3 rings (SSSR count). The molecule has 2 aromatic rings. The van der Waals surface area contributed by atoms with E-state index in [0.29, 0.717) is 18.8 Å². The molecule has 1 aliphatic carbocycles. The summed E-state index contributed by atoms with van der Waals surface area (Å²) in [6.45, 7) is 2.18. The number of halogens is 3. The van der Waals surface area contributed by atoms with Crippen LogP contribution in [0.5, 0.6) is 0 Å². The number of alkyl halides is 3. The van der Waals surface area contributed by atoms with Crippen molar-refractivity contribution in [2.24, 2.45) is 0 Å². The first-order valence-corrected chi connectivity index (χ1v) is 9.38. The molecule has 0 N–H and O–H groups in total. The van der Waals surface area contributed by atoms with Gasteiger partial charge >= 0.3 is 6.36 Å². The average molecular weight is 362 g/mol. The minimum atomic E-state index is -4.52. The lowest BCUT2D eigenvalue weighted by Gasteiger charge is -2.29. The Balaban J connectivity index is 1.60.